The van der Waals surface area contributed by atoms with Gasteiger partial charge in [-0.2, -0.15) is 0 Å². The van der Waals surface area contributed by atoms with Gasteiger partial charge < -0.3 is 9.80 Å². The molecule has 3 aromatic rings. The first-order chi connectivity index (χ1) is 13.1. The van der Waals surface area contributed by atoms with Gasteiger partial charge in [0.05, 0.1) is 5.69 Å². The number of aromatic nitrogens is 3. The number of amides is 1. The standard InChI is InChI=1S/C21H23N5O/c1-16-7-6-8-17(2)19(16)24-11-13-25(14-12-24)21(27)20-22-15-26(23-20)18-9-4-3-5-10-18/h3-10,15H,11-14H2,1-2H3. The molecule has 6 nitrogen and oxygen atoms in total. The van der Waals surface area contributed by atoms with Crippen molar-refractivity contribution in [2.45, 2.75) is 13.8 Å². The highest BCUT2D eigenvalue weighted by Crippen LogP contribution is 2.25. The molecule has 27 heavy (non-hydrogen) atoms. The van der Waals surface area contributed by atoms with Crippen LogP contribution in [0.15, 0.2) is 54.9 Å². The fraction of sp³-hybridized carbons (Fsp3) is 0.286. The summed E-state index contributed by atoms with van der Waals surface area (Å²) < 4.78 is 1.64. The van der Waals surface area contributed by atoms with Gasteiger partial charge in [0.15, 0.2) is 0 Å². The van der Waals surface area contributed by atoms with Gasteiger partial charge in [-0.25, -0.2) is 9.67 Å². The molecule has 1 fully saturated rings. The van der Waals surface area contributed by atoms with Crippen LogP contribution >= 0.6 is 0 Å². The van der Waals surface area contributed by atoms with Crippen molar-refractivity contribution >= 4 is 11.6 Å². The summed E-state index contributed by atoms with van der Waals surface area (Å²) in [7, 11) is 0. The van der Waals surface area contributed by atoms with Gasteiger partial charge in [-0.1, -0.05) is 36.4 Å². The third-order valence-corrected chi connectivity index (χ3v) is 5.03. The zero-order valence-electron chi connectivity index (χ0n) is 15.7. The first-order valence-corrected chi connectivity index (χ1v) is 9.21. The highest BCUT2D eigenvalue weighted by atomic mass is 16.2. The monoisotopic (exact) mass is 361 g/mol. The SMILES string of the molecule is Cc1cccc(C)c1N1CCN(C(=O)c2ncn(-c3ccccc3)n2)CC1. The molecular weight excluding hydrogens is 338 g/mol. The van der Waals surface area contributed by atoms with E-state index in [4.69, 9.17) is 0 Å². The zero-order valence-corrected chi connectivity index (χ0v) is 15.7. The Hall–Kier alpha value is -3.15. The molecule has 0 aliphatic carbocycles. The van der Waals surface area contributed by atoms with E-state index in [-0.39, 0.29) is 11.7 Å². The maximum atomic E-state index is 12.8. The largest absolute Gasteiger partial charge is 0.368 e. The lowest BCUT2D eigenvalue weighted by atomic mass is 10.1. The zero-order chi connectivity index (χ0) is 18.8. The molecular formula is C21H23N5O. The number of hydrogen-bond acceptors (Lipinski definition) is 4. The molecule has 1 aliphatic heterocycles. The quantitative estimate of drug-likeness (QED) is 0.720. The third-order valence-electron chi connectivity index (χ3n) is 5.03. The van der Waals surface area contributed by atoms with Crippen LogP contribution in [0.5, 0.6) is 0 Å². The van der Waals surface area contributed by atoms with Crippen LogP contribution in [0.3, 0.4) is 0 Å². The third kappa shape index (κ3) is 3.43. The molecule has 0 saturated carbocycles. The lowest BCUT2D eigenvalue weighted by molar-refractivity contribution is 0.0734. The van der Waals surface area contributed by atoms with Crippen molar-refractivity contribution in [1.29, 1.82) is 0 Å². The first kappa shape index (κ1) is 17.3. The molecule has 6 heteroatoms. The summed E-state index contributed by atoms with van der Waals surface area (Å²) in [5, 5.41) is 4.36. The number of para-hydroxylation sites is 2. The fourth-order valence-electron chi connectivity index (χ4n) is 3.65. The van der Waals surface area contributed by atoms with Gasteiger partial charge in [-0.3, -0.25) is 4.79 Å². The Morgan fingerprint density at radius 3 is 2.22 bits per heavy atom. The van der Waals surface area contributed by atoms with Gasteiger partial charge in [0.2, 0.25) is 5.82 Å². The summed E-state index contributed by atoms with van der Waals surface area (Å²) in [6, 6.07) is 16.1. The first-order valence-electron chi connectivity index (χ1n) is 9.21. The number of anilines is 1. The highest BCUT2D eigenvalue weighted by molar-refractivity contribution is 5.90. The minimum Gasteiger partial charge on any atom is -0.368 e. The predicted molar refractivity (Wildman–Crippen MR) is 105 cm³/mol. The lowest BCUT2D eigenvalue weighted by Gasteiger charge is -2.37. The minimum absolute atomic E-state index is 0.106. The van der Waals surface area contributed by atoms with Gasteiger partial charge in [-0.15, -0.1) is 5.10 Å². The molecule has 1 aliphatic rings. The molecule has 0 unspecified atom stereocenters. The van der Waals surface area contributed by atoms with Crippen molar-refractivity contribution < 1.29 is 4.79 Å². The van der Waals surface area contributed by atoms with Crippen molar-refractivity contribution in [1.82, 2.24) is 19.7 Å². The van der Waals surface area contributed by atoms with Crippen LogP contribution in [0.2, 0.25) is 0 Å². The van der Waals surface area contributed by atoms with Crippen LogP contribution in [0.1, 0.15) is 21.7 Å². The molecule has 1 amide bonds. The van der Waals surface area contributed by atoms with Crippen LogP contribution in [0.25, 0.3) is 5.69 Å². The topological polar surface area (TPSA) is 54.3 Å². The fourth-order valence-corrected chi connectivity index (χ4v) is 3.65. The lowest BCUT2D eigenvalue weighted by Crippen LogP contribution is -2.49. The highest BCUT2D eigenvalue weighted by Gasteiger charge is 2.26. The van der Waals surface area contributed by atoms with Crippen molar-refractivity contribution in [3.8, 4) is 5.69 Å². The smallest absolute Gasteiger partial charge is 0.293 e. The summed E-state index contributed by atoms with van der Waals surface area (Å²) in [6.45, 7) is 7.26. The number of carbonyl (C=O) groups excluding carboxylic acids is 1. The molecule has 0 bridgehead atoms. The molecule has 2 aromatic carbocycles. The second kappa shape index (κ2) is 7.23. The summed E-state index contributed by atoms with van der Waals surface area (Å²) in [5.74, 6) is 0.144. The molecule has 0 atom stereocenters. The minimum atomic E-state index is -0.106. The van der Waals surface area contributed by atoms with E-state index < -0.39 is 0 Å². The second-order valence-electron chi connectivity index (χ2n) is 6.87. The Morgan fingerprint density at radius 1 is 0.889 bits per heavy atom. The van der Waals surface area contributed by atoms with E-state index in [0.29, 0.717) is 13.1 Å². The molecule has 0 N–H and O–H groups in total. The van der Waals surface area contributed by atoms with Gasteiger partial charge in [0.1, 0.15) is 6.33 Å². The van der Waals surface area contributed by atoms with Crippen LogP contribution in [0.4, 0.5) is 5.69 Å². The number of hydrogen-bond donors (Lipinski definition) is 0. The van der Waals surface area contributed by atoms with Crippen LogP contribution in [-0.2, 0) is 0 Å². The van der Waals surface area contributed by atoms with Crippen molar-refractivity contribution in [2.75, 3.05) is 31.1 Å². The number of piperazine rings is 1. The van der Waals surface area contributed by atoms with Gasteiger partial charge in [-0.05, 0) is 37.1 Å². The molecule has 1 saturated heterocycles. The van der Waals surface area contributed by atoms with Gasteiger partial charge in [0.25, 0.3) is 5.91 Å². The summed E-state index contributed by atoms with van der Waals surface area (Å²) in [5.41, 5.74) is 4.73. The average Bonchev–Trinajstić information content (AvgIpc) is 3.19. The van der Waals surface area contributed by atoms with E-state index >= 15 is 0 Å². The molecule has 1 aromatic heterocycles. The maximum Gasteiger partial charge on any atom is 0.293 e. The van der Waals surface area contributed by atoms with Gasteiger partial charge >= 0.3 is 0 Å². The normalized spacial score (nSPS) is 14.4. The summed E-state index contributed by atoms with van der Waals surface area (Å²) in [6.07, 6.45) is 1.59. The van der Waals surface area contributed by atoms with Crippen LogP contribution in [-0.4, -0.2) is 51.8 Å². The van der Waals surface area contributed by atoms with Crippen molar-refractivity contribution in [3.05, 3.63) is 71.8 Å². The van der Waals surface area contributed by atoms with Gasteiger partial charge in [0, 0.05) is 31.9 Å². The van der Waals surface area contributed by atoms with Crippen molar-refractivity contribution in [3.63, 3.8) is 0 Å². The van der Waals surface area contributed by atoms with E-state index in [1.165, 1.54) is 16.8 Å². The van der Waals surface area contributed by atoms with Crippen LogP contribution in [0, 0.1) is 13.8 Å². The summed E-state index contributed by atoms with van der Waals surface area (Å²) in [4.78, 5) is 21.2. The maximum absolute atomic E-state index is 12.8. The Bertz CT molecular complexity index is 922. The molecule has 0 radical (unpaired) electrons. The number of benzene rings is 2. The van der Waals surface area contributed by atoms with E-state index in [2.05, 4.69) is 47.0 Å². The number of nitrogens with zero attached hydrogens (tertiary/aromatic N) is 5. The number of rotatable bonds is 3. The Morgan fingerprint density at radius 2 is 1.56 bits per heavy atom. The Kier molecular flexibility index (Phi) is 4.62. The molecule has 138 valence electrons. The summed E-state index contributed by atoms with van der Waals surface area (Å²) >= 11 is 0. The van der Waals surface area contributed by atoms with Crippen molar-refractivity contribution in [2.24, 2.45) is 0 Å². The Labute approximate surface area is 159 Å². The van der Waals surface area contributed by atoms with E-state index in [9.17, 15) is 4.79 Å². The number of aryl methyl sites for hydroxylation is 2. The van der Waals surface area contributed by atoms with E-state index in [1.807, 2.05) is 35.2 Å². The van der Waals surface area contributed by atoms with E-state index in [0.717, 1.165) is 18.8 Å². The average molecular weight is 361 g/mol. The number of carbonyl (C=O) groups is 1. The molecule has 0 spiro atoms. The molecule has 2 heterocycles. The molecule has 4 rings (SSSR count). The van der Waals surface area contributed by atoms with Crippen LogP contribution < -0.4 is 4.90 Å². The Balaban J connectivity index is 1.44. The predicted octanol–water partition coefficient (Wildman–Crippen LogP) is 2.85. The second-order valence-corrected chi connectivity index (χ2v) is 6.87. The van der Waals surface area contributed by atoms with E-state index in [1.54, 1.807) is 11.0 Å².